The Morgan fingerprint density at radius 1 is 1.03 bits per heavy atom. The third-order valence-electron chi connectivity index (χ3n) is 5.50. The molecule has 0 bridgehead atoms. The molecule has 0 atom stereocenters. The zero-order valence-corrected chi connectivity index (χ0v) is 17.6. The van der Waals surface area contributed by atoms with Crippen LogP contribution < -0.4 is 19.9 Å². The number of nitrogens with one attached hydrogen (secondary N) is 1. The monoisotopic (exact) mass is 420 g/mol. The minimum Gasteiger partial charge on any atom is -0.497 e. The van der Waals surface area contributed by atoms with Gasteiger partial charge in [-0.2, -0.15) is 0 Å². The highest BCUT2D eigenvalue weighted by Gasteiger charge is 2.19. The van der Waals surface area contributed by atoms with Crippen LogP contribution in [0.2, 0.25) is 0 Å². The number of halogens is 1. The number of pyridine rings is 1. The highest BCUT2D eigenvalue weighted by Crippen LogP contribution is 2.26. The third kappa shape index (κ3) is 4.60. The van der Waals surface area contributed by atoms with Crippen molar-refractivity contribution < 1.29 is 13.9 Å². The van der Waals surface area contributed by atoms with Crippen molar-refractivity contribution in [3.8, 4) is 5.75 Å². The van der Waals surface area contributed by atoms with E-state index in [1.54, 1.807) is 6.07 Å². The molecular weight excluding hydrogens is 395 g/mol. The summed E-state index contributed by atoms with van der Waals surface area (Å²) >= 11 is 0. The number of carbonyl (C=O) groups excluding carboxylic acids is 1. The van der Waals surface area contributed by atoms with Gasteiger partial charge < -0.3 is 19.9 Å². The van der Waals surface area contributed by atoms with Gasteiger partial charge in [0.1, 0.15) is 17.4 Å². The second-order valence-corrected chi connectivity index (χ2v) is 7.46. The van der Waals surface area contributed by atoms with E-state index in [4.69, 9.17) is 4.74 Å². The van der Waals surface area contributed by atoms with Gasteiger partial charge in [0.2, 0.25) is 0 Å². The molecule has 1 fully saturated rings. The molecule has 31 heavy (non-hydrogen) atoms. The average molecular weight is 420 g/mol. The molecule has 2 aromatic carbocycles. The van der Waals surface area contributed by atoms with Crippen LogP contribution in [0.25, 0.3) is 0 Å². The summed E-state index contributed by atoms with van der Waals surface area (Å²) in [6.45, 7) is 5.50. The van der Waals surface area contributed by atoms with E-state index in [0.29, 0.717) is 11.4 Å². The molecule has 1 saturated heterocycles. The number of aryl methyl sites for hydroxylation is 1. The Morgan fingerprint density at radius 3 is 2.45 bits per heavy atom. The Bertz CT molecular complexity index is 1070. The number of nitrogens with zero attached hydrogens (tertiary/aromatic N) is 3. The van der Waals surface area contributed by atoms with Crippen molar-refractivity contribution >= 4 is 23.1 Å². The summed E-state index contributed by atoms with van der Waals surface area (Å²) in [6, 6.07) is 16.1. The number of methoxy groups -OCH3 is 1. The van der Waals surface area contributed by atoms with Gasteiger partial charge in [0.25, 0.3) is 5.91 Å². The summed E-state index contributed by atoms with van der Waals surface area (Å²) in [6.07, 6.45) is 1.82. The van der Waals surface area contributed by atoms with E-state index >= 15 is 0 Å². The van der Waals surface area contributed by atoms with Crippen molar-refractivity contribution in [1.29, 1.82) is 0 Å². The van der Waals surface area contributed by atoms with E-state index in [-0.39, 0.29) is 5.56 Å². The van der Waals surface area contributed by atoms with Crippen LogP contribution in [0.15, 0.2) is 60.8 Å². The zero-order chi connectivity index (χ0) is 21.8. The summed E-state index contributed by atoms with van der Waals surface area (Å²) in [4.78, 5) is 21.6. The predicted molar refractivity (Wildman–Crippen MR) is 121 cm³/mol. The van der Waals surface area contributed by atoms with Crippen LogP contribution in [-0.2, 0) is 0 Å². The number of piperazine rings is 1. The maximum absolute atomic E-state index is 14.2. The highest BCUT2D eigenvalue weighted by atomic mass is 19.1. The first-order valence-corrected chi connectivity index (χ1v) is 10.2. The van der Waals surface area contributed by atoms with Crippen molar-refractivity contribution in [2.45, 2.75) is 6.92 Å². The number of ether oxygens (including phenoxy) is 1. The van der Waals surface area contributed by atoms with Crippen LogP contribution in [0.5, 0.6) is 5.75 Å². The second kappa shape index (κ2) is 9.04. The van der Waals surface area contributed by atoms with E-state index in [1.807, 2.05) is 43.5 Å². The quantitative estimate of drug-likeness (QED) is 0.673. The molecule has 0 spiro atoms. The lowest BCUT2D eigenvalue weighted by Crippen LogP contribution is -2.46. The molecular formula is C24H25FN4O2. The maximum Gasteiger partial charge on any atom is 0.258 e. The molecule has 0 radical (unpaired) electrons. The molecule has 1 aliphatic rings. The van der Waals surface area contributed by atoms with Crippen LogP contribution in [0, 0.1) is 12.7 Å². The number of benzene rings is 2. The molecule has 7 heteroatoms. The van der Waals surface area contributed by atoms with Crippen LogP contribution in [-0.4, -0.2) is 44.2 Å². The van der Waals surface area contributed by atoms with Gasteiger partial charge in [-0.25, -0.2) is 9.37 Å². The molecule has 160 valence electrons. The van der Waals surface area contributed by atoms with Gasteiger partial charge in [-0.1, -0.05) is 6.07 Å². The van der Waals surface area contributed by atoms with Gasteiger partial charge in [-0.15, -0.1) is 0 Å². The molecule has 0 aliphatic carbocycles. The topological polar surface area (TPSA) is 57.7 Å². The largest absolute Gasteiger partial charge is 0.497 e. The van der Waals surface area contributed by atoms with Gasteiger partial charge in [-0.3, -0.25) is 4.79 Å². The summed E-state index contributed by atoms with van der Waals surface area (Å²) in [5.41, 5.74) is 2.67. The first-order valence-electron chi connectivity index (χ1n) is 10.2. The molecule has 4 rings (SSSR count). The Kier molecular flexibility index (Phi) is 6.02. The fourth-order valence-corrected chi connectivity index (χ4v) is 3.72. The van der Waals surface area contributed by atoms with Crippen LogP contribution in [0.1, 0.15) is 15.9 Å². The Morgan fingerprint density at radius 2 is 1.81 bits per heavy atom. The molecule has 1 N–H and O–H groups in total. The van der Waals surface area contributed by atoms with Gasteiger partial charge in [0.05, 0.1) is 12.7 Å². The standard InChI is InChI=1S/C24H25FN4O2/c1-17-15-18(28-11-13-29(14-12-28)23-5-3-4-10-26-23)6-9-22(17)27-24(30)20-8-7-19(31-2)16-21(20)25/h3-10,15-16H,11-14H2,1-2H3,(H,27,30). The lowest BCUT2D eigenvalue weighted by atomic mass is 10.1. The number of hydrogen-bond acceptors (Lipinski definition) is 5. The minimum absolute atomic E-state index is 0.0186. The number of rotatable bonds is 5. The smallest absolute Gasteiger partial charge is 0.258 e. The zero-order valence-electron chi connectivity index (χ0n) is 17.6. The van der Waals surface area contributed by atoms with E-state index in [0.717, 1.165) is 43.2 Å². The first-order chi connectivity index (χ1) is 15.0. The lowest BCUT2D eigenvalue weighted by molar-refractivity contribution is 0.102. The van der Waals surface area contributed by atoms with Crippen molar-refractivity contribution in [3.63, 3.8) is 0 Å². The number of carbonyl (C=O) groups is 1. The molecule has 1 amide bonds. The highest BCUT2D eigenvalue weighted by molar-refractivity contribution is 6.05. The average Bonchev–Trinajstić information content (AvgIpc) is 2.81. The lowest BCUT2D eigenvalue weighted by Gasteiger charge is -2.37. The van der Waals surface area contributed by atoms with Crippen molar-refractivity contribution in [1.82, 2.24) is 4.98 Å². The fourth-order valence-electron chi connectivity index (χ4n) is 3.72. The Labute approximate surface area is 181 Å². The minimum atomic E-state index is -0.614. The maximum atomic E-state index is 14.2. The van der Waals surface area contributed by atoms with Crippen LogP contribution in [0.3, 0.4) is 0 Å². The molecule has 1 aliphatic heterocycles. The van der Waals surface area contributed by atoms with E-state index in [2.05, 4.69) is 26.2 Å². The van der Waals surface area contributed by atoms with Gasteiger partial charge in [0.15, 0.2) is 0 Å². The Hall–Kier alpha value is -3.61. The normalized spacial score (nSPS) is 13.8. The number of hydrogen-bond donors (Lipinski definition) is 1. The van der Waals surface area contributed by atoms with E-state index in [9.17, 15) is 9.18 Å². The molecule has 0 saturated carbocycles. The Balaban J connectivity index is 1.41. The van der Waals surface area contributed by atoms with Crippen molar-refractivity contribution in [2.75, 3.05) is 48.4 Å². The van der Waals surface area contributed by atoms with E-state index in [1.165, 1.54) is 19.2 Å². The third-order valence-corrected chi connectivity index (χ3v) is 5.50. The van der Waals surface area contributed by atoms with Gasteiger partial charge in [0, 0.05) is 49.8 Å². The number of aromatic nitrogens is 1. The summed E-state index contributed by atoms with van der Waals surface area (Å²) < 4.78 is 19.2. The van der Waals surface area contributed by atoms with Crippen LogP contribution >= 0.6 is 0 Å². The molecule has 3 aromatic rings. The second-order valence-electron chi connectivity index (χ2n) is 7.46. The number of anilines is 3. The SMILES string of the molecule is COc1ccc(C(=O)Nc2ccc(N3CCN(c4ccccn4)CC3)cc2C)c(F)c1. The van der Waals surface area contributed by atoms with Crippen LogP contribution in [0.4, 0.5) is 21.6 Å². The van der Waals surface area contributed by atoms with Gasteiger partial charge in [-0.05, 0) is 55.0 Å². The summed E-state index contributed by atoms with van der Waals surface area (Å²) in [5, 5.41) is 2.81. The van der Waals surface area contributed by atoms with E-state index < -0.39 is 11.7 Å². The van der Waals surface area contributed by atoms with Crippen molar-refractivity contribution in [2.24, 2.45) is 0 Å². The molecule has 6 nitrogen and oxygen atoms in total. The predicted octanol–water partition coefficient (Wildman–Crippen LogP) is 4.12. The fraction of sp³-hybridized carbons (Fsp3) is 0.250. The first kappa shape index (κ1) is 20.7. The summed E-state index contributed by atoms with van der Waals surface area (Å²) in [5.74, 6) is 0.275. The summed E-state index contributed by atoms with van der Waals surface area (Å²) in [7, 11) is 1.46. The van der Waals surface area contributed by atoms with Gasteiger partial charge >= 0.3 is 0 Å². The molecule has 0 unspecified atom stereocenters. The van der Waals surface area contributed by atoms with Crippen molar-refractivity contribution in [3.05, 3.63) is 77.7 Å². The number of amides is 1. The molecule has 2 heterocycles. The molecule has 1 aromatic heterocycles.